The first-order chi connectivity index (χ1) is 8.58. The van der Waals surface area contributed by atoms with E-state index in [-0.39, 0.29) is 5.78 Å². The number of rotatable bonds is 4. The van der Waals surface area contributed by atoms with E-state index in [9.17, 15) is 9.59 Å². The minimum atomic E-state index is -0.482. The third-order valence-electron chi connectivity index (χ3n) is 2.54. The van der Waals surface area contributed by atoms with E-state index in [1.807, 2.05) is 19.9 Å². The number of hydrogen-bond acceptors (Lipinski definition) is 3. The molecule has 0 saturated carbocycles. The number of carbonyl (C=O) groups is 1. The van der Waals surface area contributed by atoms with Crippen LogP contribution in [-0.4, -0.2) is 10.4 Å². The molecule has 0 aliphatic carbocycles. The molecule has 0 atom stereocenters. The Hall–Kier alpha value is -2.10. The second kappa shape index (κ2) is 5.04. The summed E-state index contributed by atoms with van der Waals surface area (Å²) < 4.78 is 6.40. The van der Waals surface area contributed by atoms with E-state index in [1.165, 1.54) is 16.8 Å². The molecule has 1 aromatic heterocycles. The van der Waals surface area contributed by atoms with E-state index in [2.05, 4.69) is 0 Å². The van der Waals surface area contributed by atoms with Gasteiger partial charge in [0.15, 0.2) is 11.4 Å². The molecule has 0 N–H and O–H groups in total. The van der Waals surface area contributed by atoms with Gasteiger partial charge in [-0.2, -0.15) is 0 Å². The van der Waals surface area contributed by atoms with Crippen LogP contribution < -0.4 is 5.76 Å². The van der Waals surface area contributed by atoms with Crippen LogP contribution in [0.4, 0.5) is 0 Å². The molecule has 0 unspecified atom stereocenters. The Labute approximate surface area is 105 Å². The molecule has 18 heavy (non-hydrogen) atoms. The number of oxazole rings is 1. The maximum Gasteiger partial charge on any atom is 0.424 e. The molecule has 4 heteroatoms. The maximum atomic E-state index is 11.6. The number of allylic oxidation sites excluding steroid dienone is 1. The van der Waals surface area contributed by atoms with Crippen LogP contribution in [-0.2, 0) is 4.79 Å². The van der Waals surface area contributed by atoms with E-state index >= 15 is 0 Å². The smallest absolute Gasteiger partial charge is 0.407 e. The zero-order chi connectivity index (χ0) is 13.1. The Balaban J connectivity index is 2.32. The summed E-state index contributed by atoms with van der Waals surface area (Å²) in [6.07, 6.45) is 3.36. The predicted octanol–water partition coefficient (Wildman–Crippen LogP) is 2.68. The second-order valence-corrected chi connectivity index (χ2v) is 4.59. The van der Waals surface area contributed by atoms with Crippen LogP contribution in [0.25, 0.3) is 17.3 Å². The fraction of sp³-hybridized carbons (Fsp3) is 0.286. The highest BCUT2D eigenvalue weighted by atomic mass is 16.4. The quantitative estimate of drug-likeness (QED) is 0.778. The molecule has 0 saturated heterocycles. The highest BCUT2D eigenvalue weighted by Crippen LogP contribution is 2.12. The van der Waals surface area contributed by atoms with Crippen molar-refractivity contribution in [3.8, 4) is 0 Å². The fourth-order valence-corrected chi connectivity index (χ4v) is 1.75. The largest absolute Gasteiger partial charge is 0.424 e. The van der Waals surface area contributed by atoms with Gasteiger partial charge in [0.25, 0.3) is 0 Å². The highest BCUT2D eigenvalue weighted by molar-refractivity contribution is 5.92. The number of fused-ring (bicyclic) bond motifs is 1. The molecule has 2 aromatic rings. The van der Waals surface area contributed by atoms with E-state index in [4.69, 9.17) is 4.42 Å². The van der Waals surface area contributed by atoms with Crippen LogP contribution in [0.3, 0.4) is 0 Å². The van der Waals surface area contributed by atoms with Crippen molar-refractivity contribution in [1.82, 2.24) is 4.57 Å². The van der Waals surface area contributed by atoms with Gasteiger partial charge in [-0.3, -0.25) is 4.79 Å². The summed E-state index contributed by atoms with van der Waals surface area (Å²) >= 11 is 0. The summed E-state index contributed by atoms with van der Waals surface area (Å²) in [4.78, 5) is 23.2. The van der Waals surface area contributed by atoms with Crippen LogP contribution >= 0.6 is 0 Å². The summed E-state index contributed by atoms with van der Waals surface area (Å²) in [6, 6.07) is 7.11. The second-order valence-electron chi connectivity index (χ2n) is 4.59. The predicted molar refractivity (Wildman–Crippen MR) is 70.3 cm³/mol. The molecule has 0 bridgehead atoms. The highest BCUT2D eigenvalue weighted by Gasteiger charge is 2.06. The molecule has 0 spiro atoms. The van der Waals surface area contributed by atoms with Crippen molar-refractivity contribution >= 4 is 23.1 Å². The third-order valence-corrected chi connectivity index (χ3v) is 2.54. The van der Waals surface area contributed by atoms with Gasteiger partial charge in [-0.15, -0.1) is 0 Å². The van der Waals surface area contributed by atoms with Gasteiger partial charge < -0.3 is 4.42 Å². The van der Waals surface area contributed by atoms with Crippen molar-refractivity contribution in [3.63, 3.8) is 0 Å². The summed E-state index contributed by atoms with van der Waals surface area (Å²) in [7, 11) is 0. The molecule has 2 rings (SSSR count). The Morgan fingerprint density at radius 2 is 2.11 bits per heavy atom. The summed E-state index contributed by atoms with van der Waals surface area (Å²) in [5.74, 6) is -0.174. The van der Waals surface area contributed by atoms with Crippen molar-refractivity contribution in [2.75, 3.05) is 0 Å². The Kier molecular flexibility index (Phi) is 3.46. The van der Waals surface area contributed by atoms with Crippen LogP contribution in [0.1, 0.15) is 20.3 Å². The first-order valence-electron chi connectivity index (χ1n) is 5.89. The molecule has 0 fully saturated rings. The van der Waals surface area contributed by atoms with Gasteiger partial charge in [-0.05, 0) is 24.1 Å². The van der Waals surface area contributed by atoms with Crippen molar-refractivity contribution < 1.29 is 9.21 Å². The van der Waals surface area contributed by atoms with Crippen LogP contribution in [0.2, 0.25) is 0 Å². The lowest BCUT2D eigenvalue weighted by atomic mass is 10.1. The lowest BCUT2D eigenvalue weighted by Crippen LogP contribution is -2.08. The Bertz CT molecular complexity index is 646. The number of hydrogen-bond donors (Lipinski definition) is 0. The van der Waals surface area contributed by atoms with Gasteiger partial charge >= 0.3 is 5.76 Å². The molecule has 0 aliphatic rings. The number of para-hydroxylation sites is 2. The number of carbonyl (C=O) groups excluding carboxylic acids is 1. The van der Waals surface area contributed by atoms with Gasteiger partial charge in [0.05, 0.1) is 5.52 Å². The van der Waals surface area contributed by atoms with E-state index in [0.717, 1.165) is 0 Å². The molecule has 4 nitrogen and oxygen atoms in total. The standard InChI is InChI=1S/C14H15NO3/c1-10(2)9-11(16)7-8-15-12-5-3-4-6-13(12)18-14(15)17/h3-8,10H,9H2,1-2H3. The van der Waals surface area contributed by atoms with Gasteiger partial charge in [0, 0.05) is 12.6 Å². The molecule has 94 valence electrons. The number of benzene rings is 1. The third kappa shape index (κ3) is 2.59. The van der Waals surface area contributed by atoms with Crippen molar-refractivity contribution in [2.45, 2.75) is 20.3 Å². The van der Waals surface area contributed by atoms with Crippen LogP contribution in [0, 0.1) is 5.92 Å². The minimum Gasteiger partial charge on any atom is -0.407 e. The molecular weight excluding hydrogens is 230 g/mol. The minimum absolute atomic E-state index is 0.00202. The number of aromatic nitrogens is 1. The summed E-state index contributed by atoms with van der Waals surface area (Å²) in [5, 5.41) is 0. The monoisotopic (exact) mass is 245 g/mol. The van der Waals surface area contributed by atoms with Crippen molar-refractivity contribution in [2.24, 2.45) is 5.92 Å². The average Bonchev–Trinajstić information content (AvgIpc) is 2.61. The van der Waals surface area contributed by atoms with E-state index in [1.54, 1.807) is 18.2 Å². The molecule has 0 radical (unpaired) electrons. The molecule has 1 heterocycles. The molecule has 0 amide bonds. The lowest BCUT2D eigenvalue weighted by molar-refractivity contribution is -0.115. The van der Waals surface area contributed by atoms with Gasteiger partial charge in [-0.1, -0.05) is 26.0 Å². The van der Waals surface area contributed by atoms with Gasteiger partial charge in [-0.25, -0.2) is 9.36 Å². The summed E-state index contributed by atoms with van der Waals surface area (Å²) in [5.41, 5.74) is 1.18. The Morgan fingerprint density at radius 3 is 2.83 bits per heavy atom. The zero-order valence-electron chi connectivity index (χ0n) is 10.4. The average molecular weight is 245 g/mol. The SMILES string of the molecule is CC(C)CC(=O)C=Cn1c(=O)oc2ccccc21. The fourth-order valence-electron chi connectivity index (χ4n) is 1.75. The lowest BCUT2D eigenvalue weighted by Gasteiger charge is -1.98. The van der Waals surface area contributed by atoms with Crippen molar-refractivity contribution in [3.05, 3.63) is 40.9 Å². The number of nitrogens with zero attached hydrogens (tertiary/aromatic N) is 1. The van der Waals surface area contributed by atoms with Crippen LogP contribution in [0.5, 0.6) is 0 Å². The van der Waals surface area contributed by atoms with Gasteiger partial charge in [0.2, 0.25) is 0 Å². The normalized spacial score (nSPS) is 11.7. The number of ketones is 1. The van der Waals surface area contributed by atoms with E-state index in [0.29, 0.717) is 23.4 Å². The molecule has 1 aromatic carbocycles. The first kappa shape index (κ1) is 12.4. The van der Waals surface area contributed by atoms with E-state index < -0.39 is 5.76 Å². The summed E-state index contributed by atoms with van der Waals surface area (Å²) in [6.45, 7) is 3.95. The topological polar surface area (TPSA) is 52.2 Å². The first-order valence-corrected chi connectivity index (χ1v) is 5.89. The molecular formula is C14H15NO3. The maximum absolute atomic E-state index is 11.6. The molecule has 0 aliphatic heterocycles. The zero-order valence-corrected chi connectivity index (χ0v) is 10.4. The van der Waals surface area contributed by atoms with Crippen LogP contribution in [0.15, 0.2) is 39.6 Å². The Morgan fingerprint density at radius 1 is 1.39 bits per heavy atom. The van der Waals surface area contributed by atoms with Gasteiger partial charge in [0.1, 0.15) is 0 Å². The van der Waals surface area contributed by atoms with Crippen molar-refractivity contribution in [1.29, 1.82) is 0 Å².